The van der Waals surface area contributed by atoms with Gasteiger partial charge in [0, 0.05) is 24.1 Å². The molecule has 16 heteroatoms. The molecule has 1 fully saturated rings. The molecule has 2 aromatic carbocycles. The Morgan fingerprint density at radius 3 is 2.55 bits per heavy atom. The van der Waals surface area contributed by atoms with E-state index in [4.69, 9.17) is 5.73 Å². The Hall–Kier alpha value is -4.25. The number of nitrogens with two attached hydrogens (primary N) is 1. The van der Waals surface area contributed by atoms with Crippen molar-refractivity contribution in [2.24, 2.45) is 5.73 Å². The van der Waals surface area contributed by atoms with Crippen molar-refractivity contribution in [2.75, 3.05) is 16.8 Å². The van der Waals surface area contributed by atoms with E-state index in [0.29, 0.717) is 20.4 Å². The van der Waals surface area contributed by atoms with Crippen molar-refractivity contribution in [3.8, 4) is 5.75 Å². The fraction of sp³-hybridized carbons (Fsp3) is 0.250. The van der Waals surface area contributed by atoms with Crippen LogP contribution in [0.2, 0.25) is 0 Å². The Kier molecular flexibility index (Phi) is 9.05. The maximum Gasteiger partial charge on any atom is 0.352 e. The molecule has 2 aliphatic heterocycles. The molecule has 228 valence electrons. The molecule has 3 atom stereocenters. The summed E-state index contributed by atoms with van der Waals surface area (Å²) in [5.41, 5.74) is 6.77. The number of hydrogen-bond acceptors (Lipinski definition) is 12. The summed E-state index contributed by atoms with van der Waals surface area (Å²) in [6.45, 7) is 3.07. The smallest absolute Gasteiger partial charge is 0.352 e. The lowest BCUT2D eigenvalue weighted by molar-refractivity contribution is -0.157. The van der Waals surface area contributed by atoms with Crippen molar-refractivity contribution in [3.63, 3.8) is 0 Å². The van der Waals surface area contributed by atoms with Gasteiger partial charge in [-0.05, 0) is 36.3 Å². The Bertz CT molecular complexity index is 1700. The molecule has 0 bridgehead atoms. The molecule has 5 rings (SSSR count). The van der Waals surface area contributed by atoms with Gasteiger partial charge in [0.1, 0.15) is 33.9 Å². The molecule has 3 heterocycles. The normalized spacial score (nSPS) is 18.2. The summed E-state index contributed by atoms with van der Waals surface area (Å²) in [4.78, 5) is 67.5. The summed E-state index contributed by atoms with van der Waals surface area (Å²) in [5.74, 6) is -4.52. The predicted octanol–water partition coefficient (Wildman–Crippen LogP) is 2.59. The highest BCUT2D eigenvalue weighted by Crippen LogP contribution is 2.44. The van der Waals surface area contributed by atoms with Crippen LogP contribution in [0.15, 0.2) is 64.1 Å². The minimum Gasteiger partial charge on any atom is -0.507 e. The molecule has 1 aromatic heterocycles. The third-order valence-corrected chi connectivity index (χ3v) is 10.2. The van der Waals surface area contributed by atoms with E-state index >= 15 is 0 Å². The number of anilines is 1. The minimum absolute atomic E-state index is 0.177. The Labute approximate surface area is 263 Å². The monoisotopic (exact) mass is 654 g/mol. The third kappa shape index (κ3) is 6.06. The number of aromatic hydroxyl groups is 1. The maximum absolute atomic E-state index is 14.0. The van der Waals surface area contributed by atoms with Gasteiger partial charge in [0.05, 0.1) is 5.56 Å². The van der Waals surface area contributed by atoms with Crippen LogP contribution in [0.1, 0.15) is 33.9 Å². The molecule has 4 amide bonds. The Morgan fingerprint density at radius 2 is 1.91 bits per heavy atom. The standard InChI is InChI=1S/C28H26N6O7S3/c1-13(35)30-17-8-9-19(36)18(10-17)23(37)33(24(38)20(29)15-6-4-3-5-7-15)22-25(39)34-21(27(40)41)16(11-42-26(22)34)12-43-28-32-31-14(2)44-28/h3-10,20,22,26,36H,11-12,29H2,1-2H3,(H,30,35)(H,40,41)/t20-,22?,26-/m1/s1. The highest BCUT2D eigenvalue weighted by atomic mass is 32.2. The van der Waals surface area contributed by atoms with Gasteiger partial charge < -0.3 is 21.3 Å². The fourth-order valence-electron chi connectivity index (χ4n) is 4.80. The number of rotatable bonds is 9. The topological polar surface area (TPSA) is 196 Å². The third-order valence-electron chi connectivity index (χ3n) is 6.81. The second-order valence-corrected chi connectivity index (χ2v) is 13.3. The van der Waals surface area contributed by atoms with Gasteiger partial charge in [0.25, 0.3) is 17.7 Å². The summed E-state index contributed by atoms with van der Waals surface area (Å²) in [5, 5.41) is 31.1. The first-order valence-electron chi connectivity index (χ1n) is 13.1. The summed E-state index contributed by atoms with van der Waals surface area (Å²) in [6.07, 6.45) is 0. The van der Waals surface area contributed by atoms with E-state index in [0.717, 1.165) is 9.91 Å². The lowest BCUT2D eigenvalue weighted by atomic mass is 9.97. The second kappa shape index (κ2) is 12.8. The number of phenolic OH excluding ortho intramolecular Hbond substituents is 1. The second-order valence-electron chi connectivity index (χ2n) is 9.80. The summed E-state index contributed by atoms with van der Waals surface area (Å²) >= 11 is 3.87. The molecule has 5 N–H and O–H groups in total. The van der Waals surface area contributed by atoms with Crippen LogP contribution in [0, 0.1) is 6.92 Å². The number of β-lactam (4-membered cyclic amide) rings is 1. The number of carbonyl (C=O) groups excluding carboxylic acids is 4. The van der Waals surface area contributed by atoms with Gasteiger partial charge in [-0.3, -0.25) is 29.0 Å². The van der Waals surface area contributed by atoms with Crippen molar-refractivity contribution in [3.05, 3.63) is 75.9 Å². The Balaban J connectivity index is 1.50. The number of carbonyl (C=O) groups is 5. The van der Waals surface area contributed by atoms with Crippen LogP contribution in [-0.2, 0) is 19.2 Å². The maximum atomic E-state index is 14.0. The summed E-state index contributed by atoms with van der Waals surface area (Å²) in [7, 11) is 0. The first kappa shape index (κ1) is 31.2. The van der Waals surface area contributed by atoms with Gasteiger partial charge in [0.15, 0.2) is 4.34 Å². The molecule has 1 saturated heterocycles. The number of carboxylic acid groups (broad SMARTS) is 1. The van der Waals surface area contributed by atoms with Gasteiger partial charge in [-0.1, -0.05) is 53.4 Å². The number of benzene rings is 2. The van der Waals surface area contributed by atoms with Gasteiger partial charge >= 0.3 is 5.97 Å². The number of aryl methyl sites for hydroxylation is 1. The number of aliphatic carboxylic acids is 1. The van der Waals surface area contributed by atoms with Gasteiger partial charge in [0.2, 0.25) is 5.91 Å². The van der Waals surface area contributed by atoms with Crippen LogP contribution in [-0.4, -0.2) is 82.7 Å². The van der Waals surface area contributed by atoms with E-state index in [-0.39, 0.29) is 28.5 Å². The molecule has 0 aliphatic carbocycles. The van der Waals surface area contributed by atoms with Crippen LogP contribution in [0.4, 0.5) is 5.69 Å². The molecule has 2 aliphatic rings. The molecule has 0 spiro atoms. The molecule has 0 saturated carbocycles. The lowest BCUT2D eigenvalue weighted by Crippen LogP contribution is -2.72. The van der Waals surface area contributed by atoms with Crippen LogP contribution in [0.3, 0.4) is 0 Å². The molecular formula is C28H26N6O7S3. The zero-order valence-electron chi connectivity index (χ0n) is 23.3. The van der Waals surface area contributed by atoms with Crippen LogP contribution in [0.25, 0.3) is 0 Å². The van der Waals surface area contributed by atoms with Crippen molar-refractivity contribution in [1.82, 2.24) is 20.0 Å². The van der Waals surface area contributed by atoms with E-state index in [9.17, 15) is 34.2 Å². The van der Waals surface area contributed by atoms with E-state index in [2.05, 4.69) is 15.5 Å². The van der Waals surface area contributed by atoms with Crippen molar-refractivity contribution in [1.29, 1.82) is 0 Å². The average molecular weight is 655 g/mol. The molecule has 0 radical (unpaired) electrons. The average Bonchev–Trinajstić information content (AvgIpc) is 3.42. The van der Waals surface area contributed by atoms with Crippen molar-refractivity contribution >= 4 is 70.1 Å². The molecule has 1 unspecified atom stereocenters. The van der Waals surface area contributed by atoms with Crippen molar-refractivity contribution < 1.29 is 34.2 Å². The lowest BCUT2D eigenvalue weighted by Gasteiger charge is -2.52. The number of carboxylic acids is 1. The van der Waals surface area contributed by atoms with E-state index in [1.54, 1.807) is 37.3 Å². The number of thioether (sulfide) groups is 2. The number of imide groups is 1. The Morgan fingerprint density at radius 1 is 1.18 bits per heavy atom. The van der Waals surface area contributed by atoms with Gasteiger partial charge in [-0.25, -0.2) is 4.79 Å². The zero-order chi connectivity index (χ0) is 31.7. The first-order valence-corrected chi connectivity index (χ1v) is 15.9. The number of aromatic nitrogens is 2. The molecule has 13 nitrogen and oxygen atoms in total. The predicted molar refractivity (Wildman–Crippen MR) is 164 cm³/mol. The number of hydrogen-bond donors (Lipinski definition) is 4. The largest absolute Gasteiger partial charge is 0.507 e. The van der Waals surface area contributed by atoms with E-state index in [1.807, 2.05) is 0 Å². The van der Waals surface area contributed by atoms with Gasteiger partial charge in [-0.15, -0.1) is 22.0 Å². The quantitative estimate of drug-likeness (QED) is 0.150. The van der Waals surface area contributed by atoms with E-state index < -0.39 is 52.8 Å². The number of nitrogens with one attached hydrogen (secondary N) is 1. The molecule has 3 aromatic rings. The summed E-state index contributed by atoms with van der Waals surface area (Å²) < 4.78 is 0.651. The zero-order valence-corrected chi connectivity index (χ0v) is 25.7. The molecular weight excluding hydrogens is 629 g/mol. The fourth-order valence-corrected chi connectivity index (χ4v) is 8.14. The number of nitrogens with zero attached hydrogens (tertiary/aromatic N) is 4. The highest BCUT2D eigenvalue weighted by Gasteiger charge is 2.59. The van der Waals surface area contributed by atoms with Crippen LogP contribution < -0.4 is 11.1 Å². The highest BCUT2D eigenvalue weighted by molar-refractivity contribution is 8.01. The van der Waals surface area contributed by atoms with E-state index in [1.165, 1.54) is 60.0 Å². The summed E-state index contributed by atoms with van der Waals surface area (Å²) in [6, 6.07) is 9.22. The SMILES string of the molecule is CC(=O)Nc1ccc(O)c(C(=O)N(C(=O)[C@H](N)c2ccccc2)C2C(=O)N3C(C(=O)O)=C(CSc4nnc(C)s4)CS[C@H]23)c1. The van der Waals surface area contributed by atoms with Crippen molar-refractivity contribution in [2.45, 2.75) is 35.6 Å². The number of fused-ring (bicyclic) bond motifs is 1. The van der Waals surface area contributed by atoms with Crippen LogP contribution in [0.5, 0.6) is 5.75 Å². The number of amides is 4. The van der Waals surface area contributed by atoms with Crippen LogP contribution >= 0.6 is 34.9 Å². The minimum atomic E-state index is -1.41. The number of phenols is 1. The first-order chi connectivity index (χ1) is 21.0. The van der Waals surface area contributed by atoms with Gasteiger partial charge in [-0.2, -0.15) is 0 Å². The molecule has 44 heavy (non-hydrogen) atoms.